The van der Waals surface area contributed by atoms with Crippen molar-refractivity contribution >= 4 is 5.78 Å². The van der Waals surface area contributed by atoms with Crippen LogP contribution in [0.25, 0.3) is 11.1 Å². The Morgan fingerprint density at radius 1 is 1.12 bits per heavy atom. The van der Waals surface area contributed by atoms with E-state index in [4.69, 9.17) is 0 Å². The highest BCUT2D eigenvalue weighted by Crippen LogP contribution is 2.26. The normalized spacial score (nSPS) is 10.2. The van der Waals surface area contributed by atoms with Crippen LogP contribution in [-0.2, 0) is 0 Å². The summed E-state index contributed by atoms with van der Waals surface area (Å²) in [6.45, 7) is 1.38. The Morgan fingerprint density at radius 3 is 2.47 bits per heavy atom. The molecular formula is C14H11FO2. The van der Waals surface area contributed by atoms with Crippen molar-refractivity contribution in [2.75, 3.05) is 0 Å². The molecule has 86 valence electrons. The van der Waals surface area contributed by atoms with Crippen molar-refractivity contribution in [3.8, 4) is 16.9 Å². The standard InChI is InChI=1S/C14H11FO2/c1-9(16)13-8-11(5-6-14(13)17)10-3-2-4-12(15)7-10/h2-8,17H,1H3. The molecule has 2 nitrogen and oxygen atoms in total. The van der Waals surface area contributed by atoms with Gasteiger partial charge in [-0.15, -0.1) is 0 Å². The van der Waals surface area contributed by atoms with Gasteiger partial charge in [0, 0.05) is 0 Å². The Hall–Kier alpha value is -2.16. The molecule has 0 aliphatic carbocycles. The van der Waals surface area contributed by atoms with Crippen molar-refractivity contribution in [1.29, 1.82) is 0 Å². The summed E-state index contributed by atoms with van der Waals surface area (Å²) < 4.78 is 13.1. The molecule has 0 aliphatic rings. The minimum atomic E-state index is -0.333. The Bertz CT molecular complexity index is 576. The number of carbonyl (C=O) groups is 1. The molecule has 2 rings (SSSR count). The fourth-order valence-corrected chi connectivity index (χ4v) is 1.67. The second-order valence-corrected chi connectivity index (χ2v) is 3.80. The fraction of sp³-hybridized carbons (Fsp3) is 0.0714. The Balaban J connectivity index is 2.54. The van der Waals surface area contributed by atoms with Crippen molar-refractivity contribution in [1.82, 2.24) is 0 Å². The van der Waals surface area contributed by atoms with Crippen LogP contribution in [0.1, 0.15) is 17.3 Å². The second kappa shape index (κ2) is 4.37. The molecule has 2 aromatic carbocycles. The lowest BCUT2D eigenvalue weighted by atomic mass is 10.0. The summed E-state index contributed by atoms with van der Waals surface area (Å²) in [6.07, 6.45) is 0. The van der Waals surface area contributed by atoms with Crippen LogP contribution < -0.4 is 0 Å². The van der Waals surface area contributed by atoms with Gasteiger partial charge in [0.25, 0.3) is 0 Å². The lowest BCUT2D eigenvalue weighted by Gasteiger charge is -2.05. The van der Waals surface area contributed by atoms with Crippen LogP contribution in [0.15, 0.2) is 42.5 Å². The highest BCUT2D eigenvalue weighted by Gasteiger charge is 2.08. The van der Waals surface area contributed by atoms with E-state index in [2.05, 4.69) is 0 Å². The predicted octanol–water partition coefficient (Wildman–Crippen LogP) is 3.40. The Morgan fingerprint density at radius 2 is 1.82 bits per heavy atom. The summed E-state index contributed by atoms with van der Waals surface area (Å²) >= 11 is 0. The minimum absolute atomic E-state index is 0.0577. The largest absolute Gasteiger partial charge is 0.507 e. The molecule has 0 radical (unpaired) electrons. The lowest BCUT2D eigenvalue weighted by molar-refractivity contribution is 0.101. The number of carbonyl (C=O) groups excluding carboxylic acids is 1. The molecule has 3 heteroatoms. The Labute approximate surface area is 98.3 Å². The topological polar surface area (TPSA) is 37.3 Å². The summed E-state index contributed by atoms with van der Waals surface area (Å²) in [5.41, 5.74) is 1.62. The summed E-state index contributed by atoms with van der Waals surface area (Å²) in [7, 11) is 0. The number of phenolic OH excluding ortho intramolecular Hbond substituents is 1. The molecule has 0 spiro atoms. The number of Topliss-reactive ketones (excluding diaryl/α,β-unsaturated/α-hetero) is 1. The van der Waals surface area contributed by atoms with Crippen molar-refractivity contribution < 1.29 is 14.3 Å². The maximum Gasteiger partial charge on any atom is 0.163 e. The number of benzene rings is 2. The first-order valence-electron chi connectivity index (χ1n) is 5.18. The van der Waals surface area contributed by atoms with E-state index in [0.29, 0.717) is 11.1 Å². The van der Waals surface area contributed by atoms with E-state index in [1.165, 1.54) is 25.1 Å². The van der Waals surface area contributed by atoms with Gasteiger partial charge >= 0.3 is 0 Å². The van der Waals surface area contributed by atoms with Crippen LogP contribution in [-0.4, -0.2) is 10.9 Å². The molecule has 0 fully saturated rings. The molecule has 0 unspecified atom stereocenters. The van der Waals surface area contributed by atoms with E-state index < -0.39 is 0 Å². The summed E-state index contributed by atoms with van der Waals surface area (Å²) in [5.74, 6) is -0.613. The van der Waals surface area contributed by atoms with Gasteiger partial charge in [0.15, 0.2) is 5.78 Å². The molecule has 1 N–H and O–H groups in total. The van der Waals surface area contributed by atoms with E-state index in [9.17, 15) is 14.3 Å². The van der Waals surface area contributed by atoms with Crippen molar-refractivity contribution in [2.45, 2.75) is 6.92 Å². The van der Waals surface area contributed by atoms with Gasteiger partial charge in [0.05, 0.1) is 5.56 Å². The third-order valence-corrected chi connectivity index (χ3v) is 2.53. The Kier molecular flexibility index (Phi) is 2.91. The van der Waals surface area contributed by atoms with Crippen LogP contribution in [0.4, 0.5) is 4.39 Å². The molecule has 0 saturated carbocycles. The zero-order valence-corrected chi connectivity index (χ0v) is 9.27. The van der Waals surface area contributed by atoms with Gasteiger partial charge in [-0.05, 0) is 42.3 Å². The van der Waals surface area contributed by atoms with Gasteiger partial charge in [0.1, 0.15) is 11.6 Å². The fourth-order valence-electron chi connectivity index (χ4n) is 1.67. The number of ketones is 1. The maximum atomic E-state index is 13.1. The van der Waals surface area contributed by atoms with E-state index in [-0.39, 0.29) is 22.9 Å². The first-order chi connectivity index (χ1) is 8.08. The van der Waals surface area contributed by atoms with Crippen LogP contribution in [0.2, 0.25) is 0 Å². The number of hydrogen-bond acceptors (Lipinski definition) is 2. The van der Waals surface area contributed by atoms with Gasteiger partial charge in [-0.2, -0.15) is 0 Å². The van der Waals surface area contributed by atoms with Gasteiger partial charge in [-0.25, -0.2) is 4.39 Å². The van der Waals surface area contributed by atoms with Crippen LogP contribution in [0.3, 0.4) is 0 Å². The van der Waals surface area contributed by atoms with E-state index in [0.717, 1.165) is 0 Å². The summed E-state index contributed by atoms with van der Waals surface area (Å²) in [6, 6.07) is 10.7. The van der Waals surface area contributed by atoms with E-state index in [1.54, 1.807) is 24.3 Å². The molecule has 17 heavy (non-hydrogen) atoms. The first-order valence-corrected chi connectivity index (χ1v) is 5.18. The SMILES string of the molecule is CC(=O)c1cc(-c2cccc(F)c2)ccc1O. The lowest BCUT2D eigenvalue weighted by Crippen LogP contribution is -1.93. The maximum absolute atomic E-state index is 13.1. The zero-order chi connectivity index (χ0) is 12.4. The number of hydrogen-bond donors (Lipinski definition) is 1. The third kappa shape index (κ3) is 2.33. The van der Waals surface area contributed by atoms with Gasteiger partial charge in [-0.3, -0.25) is 4.79 Å². The van der Waals surface area contributed by atoms with E-state index >= 15 is 0 Å². The molecule has 0 atom stereocenters. The van der Waals surface area contributed by atoms with Gasteiger partial charge in [0.2, 0.25) is 0 Å². The predicted molar refractivity (Wildman–Crippen MR) is 63.5 cm³/mol. The van der Waals surface area contributed by atoms with Crippen molar-refractivity contribution in [2.24, 2.45) is 0 Å². The van der Waals surface area contributed by atoms with Gasteiger partial charge < -0.3 is 5.11 Å². The average Bonchev–Trinajstić information content (AvgIpc) is 2.29. The molecule has 0 amide bonds. The molecule has 0 saturated heterocycles. The third-order valence-electron chi connectivity index (χ3n) is 2.53. The van der Waals surface area contributed by atoms with E-state index in [1.807, 2.05) is 0 Å². The second-order valence-electron chi connectivity index (χ2n) is 3.80. The average molecular weight is 230 g/mol. The van der Waals surface area contributed by atoms with Crippen molar-refractivity contribution in [3.63, 3.8) is 0 Å². The quantitative estimate of drug-likeness (QED) is 0.803. The highest BCUT2D eigenvalue weighted by atomic mass is 19.1. The molecule has 0 aliphatic heterocycles. The number of phenols is 1. The minimum Gasteiger partial charge on any atom is -0.507 e. The number of aromatic hydroxyl groups is 1. The molecule has 0 aromatic heterocycles. The summed E-state index contributed by atoms with van der Waals surface area (Å²) in [4.78, 5) is 11.3. The zero-order valence-electron chi connectivity index (χ0n) is 9.27. The van der Waals surface area contributed by atoms with Crippen LogP contribution in [0, 0.1) is 5.82 Å². The van der Waals surface area contributed by atoms with Crippen LogP contribution in [0.5, 0.6) is 5.75 Å². The first kappa shape index (κ1) is 11.3. The van der Waals surface area contributed by atoms with Gasteiger partial charge in [-0.1, -0.05) is 18.2 Å². The monoisotopic (exact) mass is 230 g/mol. The number of rotatable bonds is 2. The molecule has 0 bridgehead atoms. The van der Waals surface area contributed by atoms with Crippen LogP contribution >= 0.6 is 0 Å². The highest BCUT2D eigenvalue weighted by molar-refractivity contribution is 5.98. The molecule has 0 heterocycles. The molecule has 2 aromatic rings. The smallest absolute Gasteiger partial charge is 0.163 e. The van der Waals surface area contributed by atoms with Crippen molar-refractivity contribution in [3.05, 3.63) is 53.8 Å². The molecular weight excluding hydrogens is 219 g/mol. The number of halogens is 1. The summed E-state index contributed by atoms with van der Waals surface area (Å²) in [5, 5.41) is 9.51.